The summed E-state index contributed by atoms with van der Waals surface area (Å²) in [5, 5.41) is 0. The summed E-state index contributed by atoms with van der Waals surface area (Å²) in [6.07, 6.45) is 6.01. The number of hydrogen-bond donors (Lipinski definition) is 0. The SMILES string of the molecule is Fc1ccccc1OC[C@@H]1CCCN(Cc2cccnc2)C1. The first kappa shape index (κ1) is 15.0. The van der Waals surface area contributed by atoms with Crippen LogP contribution in [0.25, 0.3) is 0 Å². The molecule has 1 aromatic carbocycles. The van der Waals surface area contributed by atoms with Crippen molar-refractivity contribution in [3.05, 3.63) is 60.2 Å². The molecule has 1 saturated heterocycles. The normalized spacial score (nSPS) is 19.0. The van der Waals surface area contributed by atoms with Gasteiger partial charge in [0, 0.05) is 31.4 Å². The molecule has 4 heteroatoms. The quantitative estimate of drug-likeness (QED) is 0.845. The van der Waals surface area contributed by atoms with E-state index in [9.17, 15) is 4.39 Å². The van der Waals surface area contributed by atoms with Crippen LogP contribution in [-0.4, -0.2) is 29.6 Å². The van der Waals surface area contributed by atoms with Gasteiger partial charge >= 0.3 is 0 Å². The average Bonchev–Trinajstić information content (AvgIpc) is 2.55. The second-order valence-electron chi connectivity index (χ2n) is 5.85. The first-order chi connectivity index (χ1) is 10.8. The molecule has 0 spiro atoms. The highest BCUT2D eigenvalue weighted by atomic mass is 19.1. The highest BCUT2D eigenvalue weighted by Crippen LogP contribution is 2.21. The molecule has 1 atom stereocenters. The van der Waals surface area contributed by atoms with Crippen LogP contribution in [0.15, 0.2) is 48.8 Å². The fourth-order valence-electron chi connectivity index (χ4n) is 2.95. The summed E-state index contributed by atoms with van der Waals surface area (Å²) in [5.41, 5.74) is 1.23. The number of halogens is 1. The summed E-state index contributed by atoms with van der Waals surface area (Å²) >= 11 is 0. The van der Waals surface area contributed by atoms with E-state index in [0.29, 0.717) is 18.3 Å². The van der Waals surface area contributed by atoms with Gasteiger partial charge in [0.1, 0.15) is 0 Å². The number of hydrogen-bond acceptors (Lipinski definition) is 3. The summed E-state index contributed by atoms with van der Waals surface area (Å²) in [7, 11) is 0. The Labute approximate surface area is 130 Å². The monoisotopic (exact) mass is 300 g/mol. The number of benzene rings is 1. The molecule has 0 bridgehead atoms. The van der Waals surface area contributed by atoms with Crippen molar-refractivity contribution in [2.75, 3.05) is 19.7 Å². The van der Waals surface area contributed by atoms with Gasteiger partial charge in [-0.2, -0.15) is 0 Å². The van der Waals surface area contributed by atoms with Crippen molar-refractivity contribution >= 4 is 0 Å². The minimum absolute atomic E-state index is 0.287. The Hall–Kier alpha value is -1.94. The molecule has 0 N–H and O–H groups in total. The van der Waals surface area contributed by atoms with Crippen LogP contribution in [0.5, 0.6) is 5.75 Å². The minimum atomic E-state index is -0.287. The Morgan fingerprint density at radius 1 is 1.23 bits per heavy atom. The van der Waals surface area contributed by atoms with Gasteiger partial charge in [-0.25, -0.2) is 4.39 Å². The minimum Gasteiger partial charge on any atom is -0.490 e. The smallest absolute Gasteiger partial charge is 0.165 e. The lowest BCUT2D eigenvalue weighted by Crippen LogP contribution is -2.37. The maximum Gasteiger partial charge on any atom is 0.165 e. The molecule has 0 amide bonds. The lowest BCUT2D eigenvalue weighted by Gasteiger charge is -2.32. The van der Waals surface area contributed by atoms with Gasteiger partial charge in [-0.1, -0.05) is 18.2 Å². The first-order valence-electron chi connectivity index (χ1n) is 7.80. The molecule has 1 aliphatic rings. The molecule has 2 aromatic rings. The predicted octanol–water partition coefficient (Wildman–Crippen LogP) is 3.51. The van der Waals surface area contributed by atoms with E-state index in [-0.39, 0.29) is 5.82 Å². The summed E-state index contributed by atoms with van der Waals surface area (Å²) in [5.74, 6) is 0.516. The van der Waals surface area contributed by atoms with Crippen LogP contribution in [0, 0.1) is 11.7 Å². The Bertz CT molecular complexity index is 591. The van der Waals surface area contributed by atoms with Crippen molar-refractivity contribution < 1.29 is 9.13 Å². The van der Waals surface area contributed by atoms with Gasteiger partial charge in [0.2, 0.25) is 0 Å². The summed E-state index contributed by atoms with van der Waals surface area (Å²) < 4.78 is 19.2. The maximum atomic E-state index is 13.6. The first-order valence-corrected chi connectivity index (χ1v) is 7.80. The van der Waals surface area contributed by atoms with Gasteiger partial charge in [0.05, 0.1) is 6.61 Å². The van der Waals surface area contributed by atoms with E-state index < -0.39 is 0 Å². The molecule has 1 fully saturated rings. The molecule has 22 heavy (non-hydrogen) atoms. The van der Waals surface area contributed by atoms with Crippen molar-refractivity contribution in [1.29, 1.82) is 0 Å². The molecular weight excluding hydrogens is 279 g/mol. The van der Waals surface area contributed by atoms with Crippen molar-refractivity contribution in [3.63, 3.8) is 0 Å². The Balaban J connectivity index is 1.51. The molecule has 3 nitrogen and oxygen atoms in total. The number of ether oxygens (including phenoxy) is 1. The van der Waals surface area contributed by atoms with Gasteiger partial charge < -0.3 is 4.74 Å². The van der Waals surface area contributed by atoms with E-state index >= 15 is 0 Å². The molecule has 116 valence electrons. The fraction of sp³-hybridized carbons (Fsp3) is 0.389. The number of likely N-dealkylation sites (tertiary alicyclic amines) is 1. The van der Waals surface area contributed by atoms with Gasteiger partial charge in [-0.15, -0.1) is 0 Å². The lowest BCUT2D eigenvalue weighted by molar-refractivity contribution is 0.123. The molecule has 3 rings (SSSR count). The number of nitrogens with zero attached hydrogens (tertiary/aromatic N) is 2. The lowest BCUT2D eigenvalue weighted by atomic mass is 9.98. The molecule has 0 unspecified atom stereocenters. The molecular formula is C18H21FN2O. The third kappa shape index (κ3) is 4.04. The van der Waals surface area contributed by atoms with Gasteiger partial charge in [0.15, 0.2) is 11.6 Å². The Morgan fingerprint density at radius 3 is 2.95 bits per heavy atom. The van der Waals surface area contributed by atoms with Crippen LogP contribution in [0.4, 0.5) is 4.39 Å². The number of pyridine rings is 1. The number of para-hydroxylation sites is 1. The fourth-order valence-corrected chi connectivity index (χ4v) is 2.95. The van der Waals surface area contributed by atoms with E-state index in [1.807, 2.05) is 12.3 Å². The van der Waals surface area contributed by atoms with Crippen LogP contribution in [-0.2, 0) is 6.54 Å². The van der Waals surface area contributed by atoms with E-state index in [2.05, 4.69) is 16.0 Å². The molecule has 2 heterocycles. The van der Waals surface area contributed by atoms with Crippen LogP contribution in [0.3, 0.4) is 0 Å². The van der Waals surface area contributed by atoms with Crippen molar-refractivity contribution in [2.24, 2.45) is 5.92 Å². The summed E-state index contributed by atoms with van der Waals surface area (Å²) in [6.45, 7) is 3.59. The van der Waals surface area contributed by atoms with E-state index in [4.69, 9.17) is 4.74 Å². The number of aromatic nitrogens is 1. The molecule has 1 aliphatic heterocycles. The zero-order chi connectivity index (χ0) is 15.2. The van der Waals surface area contributed by atoms with E-state index in [1.165, 1.54) is 11.6 Å². The third-order valence-electron chi connectivity index (χ3n) is 4.04. The summed E-state index contributed by atoms with van der Waals surface area (Å²) in [6, 6.07) is 10.7. The van der Waals surface area contributed by atoms with Crippen LogP contribution in [0.1, 0.15) is 18.4 Å². The molecule has 0 aliphatic carbocycles. The van der Waals surface area contributed by atoms with Gasteiger partial charge in [-0.05, 0) is 43.1 Å². The standard InChI is InChI=1S/C18H21FN2O/c19-17-7-1-2-8-18(17)22-14-16-6-4-10-21(13-16)12-15-5-3-9-20-11-15/h1-3,5,7-9,11,16H,4,6,10,12-14H2/t16-/m1/s1. The van der Waals surface area contributed by atoms with Crippen molar-refractivity contribution in [2.45, 2.75) is 19.4 Å². The van der Waals surface area contributed by atoms with Gasteiger partial charge in [0.25, 0.3) is 0 Å². The summed E-state index contributed by atoms with van der Waals surface area (Å²) in [4.78, 5) is 6.59. The highest BCUT2D eigenvalue weighted by molar-refractivity contribution is 5.23. The van der Waals surface area contributed by atoms with E-state index in [0.717, 1.165) is 32.5 Å². The molecule has 0 saturated carbocycles. The van der Waals surface area contributed by atoms with E-state index in [1.54, 1.807) is 24.4 Å². The maximum absolute atomic E-state index is 13.6. The Morgan fingerprint density at radius 2 is 2.14 bits per heavy atom. The predicted molar refractivity (Wildman–Crippen MR) is 84.1 cm³/mol. The van der Waals surface area contributed by atoms with Crippen LogP contribution < -0.4 is 4.74 Å². The Kier molecular flexibility index (Phi) is 5.01. The largest absolute Gasteiger partial charge is 0.490 e. The zero-order valence-corrected chi connectivity index (χ0v) is 12.6. The van der Waals surface area contributed by atoms with Gasteiger partial charge in [-0.3, -0.25) is 9.88 Å². The highest BCUT2D eigenvalue weighted by Gasteiger charge is 2.21. The average molecular weight is 300 g/mol. The topological polar surface area (TPSA) is 25.4 Å². The second kappa shape index (κ2) is 7.36. The zero-order valence-electron chi connectivity index (χ0n) is 12.6. The number of rotatable bonds is 5. The van der Waals surface area contributed by atoms with Crippen LogP contribution in [0.2, 0.25) is 0 Å². The molecule has 0 radical (unpaired) electrons. The van der Waals surface area contributed by atoms with Crippen molar-refractivity contribution in [1.82, 2.24) is 9.88 Å². The third-order valence-corrected chi connectivity index (χ3v) is 4.04. The van der Waals surface area contributed by atoms with Crippen molar-refractivity contribution in [3.8, 4) is 5.75 Å². The van der Waals surface area contributed by atoms with Crippen LogP contribution >= 0.6 is 0 Å². The second-order valence-corrected chi connectivity index (χ2v) is 5.85. The molecule has 1 aromatic heterocycles. The number of piperidine rings is 1.